The second kappa shape index (κ2) is 5.61. The van der Waals surface area contributed by atoms with Crippen molar-refractivity contribution in [2.24, 2.45) is 0 Å². The van der Waals surface area contributed by atoms with Gasteiger partial charge in [-0.2, -0.15) is 4.31 Å². The number of hydrogen-bond acceptors (Lipinski definition) is 4. The average Bonchev–Trinajstić information content (AvgIpc) is 2.97. The fourth-order valence-electron chi connectivity index (χ4n) is 2.81. The molecule has 3 rings (SSSR count). The highest BCUT2D eigenvalue weighted by molar-refractivity contribution is 7.89. The van der Waals surface area contributed by atoms with E-state index in [4.69, 9.17) is 0 Å². The summed E-state index contributed by atoms with van der Waals surface area (Å²) in [5.74, 6) is -0.0711. The minimum atomic E-state index is -3.55. The van der Waals surface area contributed by atoms with Gasteiger partial charge < -0.3 is 0 Å². The maximum Gasteiger partial charge on any atom is 0.243 e. The highest BCUT2D eigenvalue weighted by atomic mass is 32.2. The normalized spacial score (nSPS) is 18.9. The summed E-state index contributed by atoms with van der Waals surface area (Å²) >= 11 is 1.68. The first-order chi connectivity index (χ1) is 10.4. The van der Waals surface area contributed by atoms with Crippen molar-refractivity contribution in [2.45, 2.75) is 31.2 Å². The molecule has 0 radical (unpaired) electrons. The fourth-order valence-corrected chi connectivity index (χ4v) is 5.39. The average molecular weight is 335 g/mol. The van der Waals surface area contributed by atoms with Crippen LogP contribution in [0.5, 0.6) is 0 Å². The van der Waals surface area contributed by atoms with Crippen LogP contribution in [0.3, 0.4) is 0 Å². The van der Waals surface area contributed by atoms with Gasteiger partial charge in [-0.05, 0) is 49.4 Å². The van der Waals surface area contributed by atoms with Crippen LogP contribution >= 0.6 is 11.3 Å². The Labute approximate surface area is 134 Å². The number of ketones is 1. The molecule has 22 heavy (non-hydrogen) atoms. The largest absolute Gasteiger partial charge is 0.295 e. The summed E-state index contributed by atoms with van der Waals surface area (Å²) in [6, 6.07) is 8.02. The zero-order valence-corrected chi connectivity index (χ0v) is 14.1. The molecule has 0 bridgehead atoms. The van der Waals surface area contributed by atoms with E-state index in [9.17, 15) is 13.2 Å². The van der Waals surface area contributed by atoms with Crippen LogP contribution in [0.4, 0.5) is 0 Å². The Morgan fingerprint density at radius 2 is 1.91 bits per heavy atom. The van der Waals surface area contributed by atoms with Crippen LogP contribution in [-0.2, 0) is 16.4 Å². The number of hydrogen-bond donors (Lipinski definition) is 0. The molecule has 2 aromatic rings. The molecule has 0 aliphatic carbocycles. The quantitative estimate of drug-likeness (QED) is 0.809. The van der Waals surface area contributed by atoms with Gasteiger partial charge in [0, 0.05) is 23.0 Å². The molecule has 0 saturated heterocycles. The van der Waals surface area contributed by atoms with Crippen molar-refractivity contribution in [3.8, 4) is 0 Å². The zero-order chi connectivity index (χ0) is 15.9. The molecule has 0 unspecified atom stereocenters. The van der Waals surface area contributed by atoms with Gasteiger partial charge in [-0.15, -0.1) is 11.3 Å². The lowest BCUT2D eigenvalue weighted by Crippen LogP contribution is -2.38. The van der Waals surface area contributed by atoms with Crippen LogP contribution in [0.25, 0.3) is 0 Å². The van der Waals surface area contributed by atoms with Gasteiger partial charge in [0.25, 0.3) is 0 Å². The van der Waals surface area contributed by atoms with Gasteiger partial charge in [0.05, 0.1) is 4.90 Å². The summed E-state index contributed by atoms with van der Waals surface area (Å²) in [6.07, 6.45) is 0.752. The van der Waals surface area contributed by atoms with Crippen molar-refractivity contribution in [3.63, 3.8) is 0 Å². The van der Waals surface area contributed by atoms with Gasteiger partial charge in [0.1, 0.15) is 0 Å². The van der Waals surface area contributed by atoms with Gasteiger partial charge in [-0.25, -0.2) is 8.42 Å². The number of rotatable bonds is 3. The van der Waals surface area contributed by atoms with E-state index < -0.39 is 10.0 Å². The monoisotopic (exact) mass is 335 g/mol. The van der Waals surface area contributed by atoms with Crippen LogP contribution in [0, 0.1) is 0 Å². The molecule has 1 atom stereocenters. The first-order valence-corrected chi connectivity index (χ1v) is 9.42. The van der Waals surface area contributed by atoms with Crippen molar-refractivity contribution in [3.05, 3.63) is 51.7 Å². The first kappa shape index (κ1) is 15.4. The van der Waals surface area contributed by atoms with E-state index in [0.29, 0.717) is 12.1 Å². The summed E-state index contributed by atoms with van der Waals surface area (Å²) in [4.78, 5) is 12.8. The van der Waals surface area contributed by atoms with Crippen molar-refractivity contribution in [2.75, 3.05) is 6.54 Å². The molecule has 116 valence electrons. The van der Waals surface area contributed by atoms with Gasteiger partial charge in [0.2, 0.25) is 10.0 Å². The molecule has 0 saturated carbocycles. The van der Waals surface area contributed by atoms with Gasteiger partial charge in [-0.3, -0.25) is 4.79 Å². The van der Waals surface area contributed by atoms with E-state index in [1.54, 1.807) is 27.8 Å². The van der Waals surface area contributed by atoms with Crippen LogP contribution in [0.2, 0.25) is 0 Å². The molecule has 0 fully saturated rings. The van der Waals surface area contributed by atoms with Crippen molar-refractivity contribution in [1.82, 2.24) is 4.31 Å². The number of sulfonamides is 1. The number of benzene rings is 1. The number of carbonyl (C=O) groups excluding carboxylic acids is 1. The molecule has 1 aliphatic rings. The molecule has 0 N–H and O–H groups in total. The first-order valence-electron chi connectivity index (χ1n) is 7.10. The van der Waals surface area contributed by atoms with Crippen molar-refractivity contribution < 1.29 is 13.2 Å². The summed E-state index contributed by atoms with van der Waals surface area (Å²) in [5.41, 5.74) is 1.62. The lowest BCUT2D eigenvalue weighted by atomic mass is 10.0. The molecule has 4 nitrogen and oxygen atoms in total. The highest BCUT2D eigenvalue weighted by Gasteiger charge is 2.34. The van der Waals surface area contributed by atoms with E-state index >= 15 is 0 Å². The van der Waals surface area contributed by atoms with E-state index in [2.05, 4.69) is 0 Å². The SMILES string of the molecule is CC(=O)c1ccc(S(=O)(=O)N2CCc3sccc3[C@H]2C)cc1. The van der Waals surface area contributed by atoms with E-state index in [1.165, 1.54) is 23.9 Å². The molecule has 1 aromatic carbocycles. The topological polar surface area (TPSA) is 54.5 Å². The second-order valence-corrected chi connectivity index (χ2v) is 8.31. The predicted octanol–water partition coefficient (Wildman–Crippen LogP) is 3.26. The summed E-state index contributed by atoms with van der Waals surface area (Å²) < 4.78 is 27.3. The Morgan fingerprint density at radius 3 is 2.55 bits per heavy atom. The lowest BCUT2D eigenvalue weighted by molar-refractivity contribution is 0.101. The van der Waals surface area contributed by atoms with Crippen LogP contribution in [0.1, 0.15) is 40.7 Å². The second-order valence-electron chi connectivity index (χ2n) is 5.42. The Kier molecular flexibility index (Phi) is 3.92. The third-order valence-electron chi connectivity index (χ3n) is 4.09. The number of nitrogens with zero attached hydrogens (tertiary/aromatic N) is 1. The number of thiophene rings is 1. The minimum absolute atomic E-state index is 0.0711. The van der Waals surface area contributed by atoms with E-state index in [-0.39, 0.29) is 16.7 Å². The molecule has 1 aliphatic heterocycles. The third-order valence-corrected chi connectivity index (χ3v) is 7.07. The number of fused-ring (bicyclic) bond motifs is 1. The smallest absolute Gasteiger partial charge is 0.243 e. The lowest BCUT2D eigenvalue weighted by Gasteiger charge is -2.32. The van der Waals surface area contributed by atoms with Gasteiger partial charge in [-0.1, -0.05) is 12.1 Å². The highest BCUT2D eigenvalue weighted by Crippen LogP contribution is 2.36. The third kappa shape index (κ3) is 2.51. The Morgan fingerprint density at radius 1 is 1.23 bits per heavy atom. The Hall–Kier alpha value is -1.50. The molecule has 2 heterocycles. The standard InChI is InChI=1S/C16H17NO3S2/c1-11-15-8-10-21-16(15)7-9-17(11)22(19,20)14-5-3-13(4-6-14)12(2)18/h3-6,8,10-11H,7,9H2,1-2H3/t11-/m1/s1. The van der Waals surface area contributed by atoms with Crippen molar-refractivity contribution in [1.29, 1.82) is 0 Å². The predicted molar refractivity (Wildman–Crippen MR) is 86.8 cm³/mol. The summed E-state index contributed by atoms with van der Waals surface area (Å²) in [5, 5.41) is 2.01. The molecular formula is C16H17NO3S2. The van der Waals surface area contributed by atoms with Crippen LogP contribution < -0.4 is 0 Å². The number of carbonyl (C=O) groups is 1. The summed E-state index contributed by atoms with van der Waals surface area (Å²) in [7, 11) is -3.55. The van der Waals surface area contributed by atoms with E-state index in [1.807, 2.05) is 18.4 Å². The van der Waals surface area contributed by atoms with E-state index in [0.717, 1.165) is 12.0 Å². The Bertz CT molecular complexity index is 806. The molecule has 6 heteroatoms. The summed E-state index contributed by atoms with van der Waals surface area (Å²) in [6.45, 7) is 3.88. The fraction of sp³-hybridized carbons (Fsp3) is 0.312. The van der Waals surface area contributed by atoms with Gasteiger partial charge in [0.15, 0.2) is 5.78 Å². The maximum atomic E-state index is 12.9. The molecule has 0 amide bonds. The Balaban J connectivity index is 1.95. The van der Waals surface area contributed by atoms with Crippen LogP contribution in [0.15, 0.2) is 40.6 Å². The molecular weight excluding hydrogens is 318 g/mol. The maximum absolute atomic E-state index is 12.9. The molecule has 0 spiro atoms. The van der Waals surface area contributed by atoms with Crippen molar-refractivity contribution >= 4 is 27.1 Å². The van der Waals surface area contributed by atoms with Crippen LogP contribution in [-0.4, -0.2) is 25.1 Å². The number of Topliss-reactive ketones (excluding diaryl/α,β-unsaturated/α-hetero) is 1. The van der Waals surface area contributed by atoms with Gasteiger partial charge >= 0.3 is 0 Å². The molecule has 1 aromatic heterocycles. The minimum Gasteiger partial charge on any atom is -0.295 e. The zero-order valence-electron chi connectivity index (χ0n) is 12.4.